The molecule has 1 aromatic rings. The second kappa shape index (κ2) is 8.06. The Labute approximate surface area is 137 Å². The molecule has 0 aromatic carbocycles. The van der Waals surface area contributed by atoms with Crippen LogP contribution < -0.4 is 5.32 Å². The fourth-order valence-electron chi connectivity index (χ4n) is 2.68. The minimum atomic E-state index is -0.473. The van der Waals surface area contributed by atoms with Crippen LogP contribution in [0.3, 0.4) is 0 Å². The number of amides is 2. The summed E-state index contributed by atoms with van der Waals surface area (Å²) >= 11 is 0. The average molecular weight is 318 g/mol. The van der Waals surface area contributed by atoms with Crippen LogP contribution in [0.15, 0.2) is 24.5 Å². The number of pyridine rings is 1. The Kier molecular flexibility index (Phi) is 6.10. The number of hydrogen-bond acceptors (Lipinski definition) is 4. The van der Waals surface area contributed by atoms with E-state index in [-0.39, 0.29) is 11.8 Å². The van der Waals surface area contributed by atoms with Gasteiger partial charge in [-0.05, 0) is 31.5 Å². The standard InChI is InChI=1S/C17H26N4O2/c1-13(2)12-15(17(23)21-10-8-20(3)9-11-21)19-16(22)14-4-6-18-7-5-14/h4-7,13,15H,8-12H2,1-3H3,(H,19,22)/t15-/m1/s1. The van der Waals surface area contributed by atoms with Gasteiger partial charge in [-0.1, -0.05) is 13.8 Å². The van der Waals surface area contributed by atoms with Crippen molar-refractivity contribution in [1.29, 1.82) is 0 Å². The molecule has 2 rings (SSSR count). The molecule has 0 bridgehead atoms. The van der Waals surface area contributed by atoms with Crippen molar-refractivity contribution in [3.63, 3.8) is 0 Å². The molecular weight excluding hydrogens is 292 g/mol. The third kappa shape index (κ3) is 5.03. The van der Waals surface area contributed by atoms with Crippen molar-refractivity contribution >= 4 is 11.8 Å². The third-order valence-corrected chi connectivity index (χ3v) is 4.07. The molecule has 0 spiro atoms. The van der Waals surface area contributed by atoms with Gasteiger partial charge in [0.1, 0.15) is 6.04 Å². The summed E-state index contributed by atoms with van der Waals surface area (Å²) in [4.78, 5) is 33.1. The van der Waals surface area contributed by atoms with Gasteiger partial charge in [0, 0.05) is 44.1 Å². The molecule has 1 aliphatic heterocycles. The monoisotopic (exact) mass is 318 g/mol. The highest BCUT2D eigenvalue weighted by Crippen LogP contribution is 2.11. The Morgan fingerprint density at radius 3 is 2.35 bits per heavy atom. The summed E-state index contributed by atoms with van der Waals surface area (Å²) in [5, 5.41) is 2.90. The fourth-order valence-corrected chi connectivity index (χ4v) is 2.68. The predicted molar refractivity (Wildman–Crippen MR) is 89.0 cm³/mol. The third-order valence-electron chi connectivity index (χ3n) is 4.07. The second-order valence-electron chi connectivity index (χ2n) is 6.52. The first kappa shape index (κ1) is 17.4. The summed E-state index contributed by atoms with van der Waals surface area (Å²) < 4.78 is 0. The van der Waals surface area contributed by atoms with E-state index in [1.165, 1.54) is 0 Å². The Morgan fingerprint density at radius 1 is 1.17 bits per heavy atom. The number of carbonyl (C=O) groups excluding carboxylic acids is 2. The number of carbonyl (C=O) groups is 2. The number of rotatable bonds is 5. The zero-order chi connectivity index (χ0) is 16.8. The lowest BCUT2D eigenvalue weighted by Gasteiger charge is -2.35. The fraction of sp³-hybridized carbons (Fsp3) is 0.588. The van der Waals surface area contributed by atoms with E-state index in [9.17, 15) is 9.59 Å². The van der Waals surface area contributed by atoms with Crippen LogP contribution in [0, 0.1) is 5.92 Å². The lowest BCUT2D eigenvalue weighted by atomic mass is 10.0. The number of nitrogens with zero attached hydrogens (tertiary/aromatic N) is 3. The SMILES string of the molecule is CC(C)C[C@@H](NC(=O)c1ccncc1)C(=O)N1CCN(C)CC1. The van der Waals surface area contributed by atoms with Crippen molar-refractivity contribution < 1.29 is 9.59 Å². The van der Waals surface area contributed by atoms with Crippen LogP contribution in [0.1, 0.15) is 30.6 Å². The van der Waals surface area contributed by atoms with Gasteiger partial charge in [0.05, 0.1) is 0 Å². The molecule has 1 N–H and O–H groups in total. The van der Waals surface area contributed by atoms with Crippen molar-refractivity contribution in [2.75, 3.05) is 33.2 Å². The molecule has 2 amide bonds. The molecule has 1 fully saturated rings. The van der Waals surface area contributed by atoms with Gasteiger partial charge in [-0.25, -0.2) is 0 Å². The molecule has 1 aliphatic rings. The van der Waals surface area contributed by atoms with E-state index < -0.39 is 6.04 Å². The van der Waals surface area contributed by atoms with Crippen LogP contribution in [0.25, 0.3) is 0 Å². The van der Waals surface area contributed by atoms with E-state index in [1.807, 2.05) is 4.90 Å². The van der Waals surface area contributed by atoms with Gasteiger partial charge in [-0.15, -0.1) is 0 Å². The van der Waals surface area contributed by atoms with Crippen LogP contribution in [-0.2, 0) is 4.79 Å². The molecule has 1 aromatic heterocycles. The molecule has 0 unspecified atom stereocenters. The van der Waals surface area contributed by atoms with Crippen molar-refractivity contribution in [3.05, 3.63) is 30.1 Å². The maximum atomic E-state index is 12.8. The summed E-state index contributed by atoms with van der Waals surface area (Å²) in [6, 6.07) is 2.84. The molecule has 6 heteroatoms. The smallest absolute Gasteiger partial charge is 0.252 e. The van der Waals surface area contributed by atoms with E-state index >= 15 is 0 Å². The number of hydrogen-bond donors (Lipinski definition) is 1. The topological polar surface area (TPSA) is 65.5 Å². The van der Waals surface area contributed by atoms with Crippen molar-refractivity contribution in [2.45, 2.75) is 26.3 Å². The molecule has 6 nitrogen and oxygen atoms in total. The predicted octanol–water partition coefficient (Wildman–Crippen LogP) is 1.00. The zero-order valence-electron chi connectivity index (χ0n) is 14.2. The van der Waals surface area contributed by atoms with Gasteiger partial charge < -0.3 is 15.1 Å². The molecule has 2 heterocycles. The normalized spacial score (nSPS) is 17.1. The van der Waals surface area contributed by atoms with E-state index in [2.05, 4.69) is 36.1 Å². The van der Waals surface area contributed by atoms with E-state index in [0.717, 1.165) is 26.2 Å². The van der Waals surface area contributed by atoms with Gasteiger partial charge in [0.2, 0.25) is 5.91 Å². The van der Waals surface area contributed by atoms with Gasteiger partial charge >= 0.3 is 0 Å². The number of piperazine rings is 1. The molecule has 0 saturated carbocycles. The summed E-state index contributed by atoms with van der Waals surface area (Å²) in [5.41, 5.74) is 0.528. The molecule has 1 atom stereocenters. The molecule has 1 saturated heterocycles. The highest BCUT2D eigenvalue weighted by molar-refractivity contribution is 5.97. The largest absolute Gasteiger partial charge is 0.340 e. The Bertz CT molecular complexity index is 525. The minimum absolute atomic E-state index is 0.0224. The summed E-state index contributed by atoms with van der Waals surface area (Å²) in [7, 11) is 2.05. The maximum absolute atomic E-state index is 12.8. The van der Waals surface area contributed by atoms with Crippen molar-refractivity contribution in [2.24, 2.45) is 5.92 Å². The molecule has 0 aliphatic carbocycles. The highest BCUT2D eigenvalue weighted by atomic mass is 16.2. The van der Waals surface area contributed by atoms with Crippen LogP contribution in [0.2, 0.25) is 0 Å². The number of nitrogens with one attached hydrogen (secondary N) is 1. The lowest BCUT2D eigenvalue weighted by Crippen LogP contribution is -2.54. The van der Waals surface area contributed by atoms with E-state index in [4.69, 9.17) is 0 Å². The molecule has 126 valence electrons. The Morgan fingerprint density at radius 2 is 1.78 bits per heavy atom. The lowest BCUT2D eigenvalue weighted by molar-refractivity contribution is -0.135. The van der Waals surface area contributed by atoms with Crippen LogP contribution in [0.5, 0.6) is 0 Å². The van der Waals surface area contributed by atoms with Crippen molar-refractivity contribution in [3.8, 4) is 0 Å². The molecular formula is C17H26N4O2. The maximum Gasteiger partial charge on any atom is 0.252 e. The van der Waals surface area contributed by atoms with Gasteiger partial charge in [0.15, 0.2) is 0 Å². The zero-order valence-corrected chi connectivity index (χ0v) is 14.2. The first-order valence-corrected chi connectivity index (χ1v) is 8.15. The Hall–Kier alpha value is -1.95. The minimum Gasteiger partial charge on any atom is -0.340 e. The number of likely N-dealkylation sites (N-methyl/N-ethyl adjacent to an activating group) is 1. The van der Waals surface area contributed by atoms with Gasteiger partial charge in [-0.3, -0.25) is 14.6 Å². The number of aromatic nitrogens is 1. The first-order valence-electron chi connectivity index (χ1n) is 8.15. The molecule has 0 radical (unpaired) electrons. The van der Waals surface area contributed by atoms with E-state index in [1.54, 1.807) is 24.5 Å². The summed E-state index contributed by atoms with van der Waals surface area (Å²) in [6.07, 6.45) is 3.80. The van der Waals surface area contributed by atoms with Crippen molar-refractivity contribution in [1.82, 2.24) is 20.1 Å². The Balaban J connectivity index is 2.04. The average Bonchev–Trinajstić information content (AvgIpc) is 2.54. The first-order chi connectivity index (χ1) is 11.0. The molecule has 23 heavy (non-hydrogen) atoms. The van der Waals surface area contributed by atoms with Gasteiger partial charge in [0.25, 0.3) is 5.91 Å². The van der Waals surface area contributed by atoms with E-state index in [0.29, 0.717) is 17.9 Å². The second-order valence-corrected chi connectivity index (χ2v) is 6.52. The quantitative estimate of drug-likeness (QED) is 0.880. The van der Waals surface area contributed by atoms with Crippen LogP contribution in [0.4, 0.5) is 0 Å². The summed E-state index contributed by atoms with van der Waals surface area (Å²) in [5.74, 6) is 0.129. The highest BCUT2D eigenvalue weighted by Gasteiger charge is 2.28. The van der Waals surface area contributed by atoms with Crippen LogP contribution >= 0.6 is 0 Å². The summed E-state index contributed by atoms with van der Waals surface area (Å²) in [6.45, 7) is 7.30. The van der Waals surface area contributed by atoms with Gasteiger partial charge in [-0.2, -0.15) is 0 Å². The van der Waals surface area contributed by atoms with Crippen LogP contribution in [-0.4, -0.2) is 65.9 Å².